The molecule has 0 unspecified atom stereocenters. The highest BCUT2D eigenvalue weighted by molar-refractivity contribution is 6.18. The summed E-state index contributed by atoms with van der Waals surface area (Å²) in [4.78, 5) is 4.25. The van der Waals surface area contributed by atoms with E-state index in [1.807, 2.05) is 121 Å². The molecule has 0 spiro atoms. The Morgan fingerprint density at radius 1 is 0.265 bits per heavy atom. The van der Waals surface area contributed by atoms with E-state index in [1.54, 1.807) is 0 Å². The molecular formula is C79H54F2N2. The van der Waals surface area contributed by atoms with Gasteiger partial charge in [0, 0.05) is 38.7 Å². The molecule has 0 saturated heterocycles. The molecule has 83 heavy (non-hydrogen) atoms. The summed E-state index contributed by atoms with van der Waals surface area (Å²) in [5, 5.41) is 8.59. The molecule has 0 radical (unpaired) electrons. The molecule has 4 heteroatoms. The molecule has 0 atom stereocenters. The average Bonchev–Trinajstić information content (AvgIpc) is 3.48. The number of hydrogen-bond donors (Lipinski definition) is 0. The first-order valence-electron chi connectivity index (χ1n) is 28.4. The van der Waals surface area contributed by atoms with Gasteiger partial charge in [-0.2, -0.15) is 0 Å². The smallest absolute Gasteiger partial charge is 0.155 e. The first kappa shape index (κ1) is 49.6. The zero-order chi connectivity index (χ0) is 55.8. The third kappa shape index (κ3) is 8.36. The maximum absolute atomic E-state index is 18.1. The molecule has 15 rings (SSSR count). The van der Waals surface area contributed by atoms with Crippen molar-refractivity contribution in [2.24, 2.45) is 0 Å². The Kier molecular flexibility index (Phi) is 11.9. The van der Waals surface area contributed by atoms with Gasteiger partial charge in [0.15, 0.2) is 11.6 Å². The maximum atomic E-state index is 18.1. The SMILES string of the molecule is CC1(C)c2cc(N(c3cc(-c4ccccc4)cc(-c4ccccc4)c3F)c3cccc4ccccc34)ccc2-c2cc3ccc(N(c4cc(-c5ccccc5)cc(-c5ccccc5)c4F)c4cccc5ccccc45)cc3c3cccc1c23. The zero-order valence-electron chi connectivity index (χ0n) is 45.9. The lowest BCUT2D eigenvalue weighted by Crippen LogP contribution is -2.24. The van der Waals surface area contributed by atoms with E-state index >= 15 is 8.78 Å². The fraction of sp³-hybridized carbons (Fsp3) is 0.0380. The van der Waals surface area contributed by atoms with Crippen LogP contribution in [0.4, 0.5) is 42.9 Å². The summed E-state index contributed by atoms with van der Waals surface area (Å²) < 4.78 is 36.2. The van der Waals surface area contributed by atoms with Crippen molar-refractivity contribution < 1.29 is 8.78 Å². The minimum Gasteiger partial charge on any atom is -0.307 e. The van der Waals surface area contributed by atoms with Crippen molar-refractivity contribution in [3.63, 3.8) is 0 Å². The fourth-order valence-electron chi connectivity index (χ4n) is 13.1. The highest BCUT2D eigenvalue weighted by atomic mass is 19.1. The van der Waals surface area contributed by atoms with Gasteiger partial charge in [-0.05, 0) is 155 Å². The van der Waals surface area contributed by atoms with Crippen LogP contribution in [0.2, 0.25) is 0 Å². The summed E-state index contributed by atoms with van der Waals surface area (Å²) in [6, 6.07) is 99.9. The van der Waals surface area contributed by atoms with Crippen LogP contribution in [-0.2, 0) is 5.41 Å². The van der Waals surface area contributed by atoms with Crippen LogP contribution >= 0.6 is 0 Å². The second-order valence-corrected chi connectivity index (χ2v) is 22.3. The van der Waals surface area contributed by atoms with E-state index in [2.05, 4.69) is 194 Å². The molecule has 14 aromatic carbocycles. The van der Waals surface area contributed by atoms with Crippen LogP contribution in [0.25, 0.3) is 98.7 Å². The maximum Gasteiger partial charge on any atom is 0.155 e. The van der Waals surface area contributed by atoms with Gasteiger partial charge in [-0.1, -0.05) is 238 Å². The van der Waals surface area contributed by atoms with Gasteiger partial charge in [0.05, 0.1) is 22.7 Å². The van der Waals surface area contributed by atoms with Crippen LogP contribution in [0.3, 0.4) is 0 Å². The van der Waals surface area contributed by atoms with E-state index in [1.165, 1.54) is 10.9 Å². The number of benzene rings is 14. The van der Waals surface area contributed by atoms with Crippen LogP contribution < -0.4 is 9.80 Å². The molecule has 0 N–H and O–H groups in total. The van der Waals surface area contributed by atoms with Gasteiger partial charge in [-0.3, -0.25) is 0 Å². The van der Waals surface area contributed by atoms with Gasteiger partial charge in [0.25, 0.3) is 0 Å². The van der Waals surface area contributed by atoms with Gasteiger partial charge in [0.2, 0.25) is 0 Å². The van der Waals surface area contributed by atoms with Crippen molar-refractivity contribution in [3.8, 4) is 55.6 Å². The lowest BCUT2D eigenvalue weighted by Gasteiger charge is -2.37. The Hall–Kier alpha value is -10.4. The van der Waals surface area contributed by atoms with E-state index in [-0.39, 0.29) is 11.6 Å². The summed E-state index contributed by atoms with van der Waals surface area (Å²) in [6.07, 6.45) is 0. The van der Waals surface area contributed by atoms with Crippen LogP contribution in [0.5, 0.6) is 0 Å². The molecule has 14 aromatic rings. The number of nitrogens with zero attached hydrogens (tertiary/aromatic N) is 2. The largest absolute Gasteiger partial charge is 0.307 e. The third-order valence-corrected chi connectivity index (χ3v) is 17.1. The number of rotatable bonds is 10. The lowest BCUT2D eigenvalue weighted by atomic mass is 9.68. The second kappa shape index (κ2) is 20.0. The first-order valence-corrected chi connectivity index (χ1v) is 28.4. The molecule has 1 aliphatic rings. The van der Waals surface area contributed by atoms with Crippen LogP contribution in [0.15, 0.2) is 291 Å². The molecule has 0 amide bonds. The predicted octanol–water partition coefficient (Wildman–Crippen LogP) is 22.5. The first-order chi connectivity index (χ1) is 40.8. The summed E-state index contributed by atoms with van der Waals surface area (Å²) in [7, 11) is 0. The number of hydrogen-bond acceptors (Lipinski definition) is 2. The Morgan fingerprint density at radius 3 is 1.23 bits per heavy atom. The Bertz CT molecular complexity index is 4830. The van der Waals surface area contributed by atoms with Crippen molar-refractivity contribution >= 4 is 77.2 Å². The molecule has 0 heterocycles. The van der Waals surface area contributed by atoms with Gasteiger partial charge < -0.3 is 9.80 Å². The molecule has 2 nitrogen and oxygen atoms in total. The molecule has 0 fully saturated rings. The average molecular weight is 1070 g/mol. The molecule has 0 saturated carbocycles. The van der Waals surface area contributed by atoms with Crippen molar-refractivity contribution in [3.05, 3.63) is 314 Å². The van der Waals surface area contributed by atoms with Crippen molar-refractivity contribution in [2.45, 2.75) is 19.3 Å². The topological polar surface area (TPSA) is 6.48 Å². The van der Waals surface area contributed by atoms with Crippen molar-refractivity contribution in [1.29, 1.82) is 0 Å². The summed E-state index contributed by atoms with van der Waals surface area (Å²) in [6.45, 7) is 4.63. The van der Waals surface area contributed by atoms with Gasteiger partial charge in [0.1, 0.15) is 0 Å². The summed E-state index contributed by atoms with van der Waals surface area (Å²) >= 11 is 0. The highest BCUT2D eigenvalue weighted by Gasteiger charge is 2.36. The van der Waals surface area contributed by atoms with Gasteiger partial charge >= 0.3 is 0 Å². The third-order valence-electron chi connectivity index (χ3n) is 17.1. The summed E-state index contributed by atoms with van der Waals surface area (Å²) in [5.74, 6) is -0.607. The molecular weight excluding hydrogens is 1010 g/mol. The van der Waals surface area contributed by atoms with Gasteiger partial charge in [-0.25, -0.2) is 8.78 Å². The molecule has 1 aliphatic carbocycles. The van der Waals surface area contributed by atoms with E-state index in [4.69, 9.17) is 0 Å². The zero-order valence-corrected chi connectivity index (χ0v) is 45.9. The Balaban J connectivity index is 0.938. The standard InChI is InChI=1S/C79H54F2N2/c1-79(2)70-37-21-36-65-66-49-60(82(72-38-19-32-53-30-15-17-34-62(53)72)74-47-58(51-22-7-3-8-23-51)45-67(77(74)80)55-26-11-5-12-27-55)41-40-57(66)44-69(76(65)70)64-43-42-61(50-71(64)79)83(73-39-20-33-54-31-16-18-35-63(54)73)75-48-59(52-24-9-4-10-25-52)46-68(78(75)81)56-28-13-6-14-29-56/h3-50H,1-2H3. The molecule has 0 bridgehead atoms. The van der Waals surface area contributed by atoms with Crippen LogP contribution in [0.1, 0.15) is 25.0 Å². The van der Waals surface area contributed by atoms with Gasteiger partial charge in [-0.15, -0.1) is 0 Å². The summed E-state index contributed by atoms with van der Waals surface area (Å²) in [5.41, 5.74) is 15.0. The highest BCUT2D eigenvalue weighted by Crippen LogP contribution is 2.54. The Morgan fingerprint density at radius 2 is 0.699 bits per heavy atom. The minimum atomic E-state index is -0.503. The lowest BCUT2D eigenvalue weighted by molar-refractivity contribution is 0.632. The predicted molar refractivity (Wildman–Crippen MR) is 345 cm³/mol. The minimum absolute atomic E-state index is 0.302. The van der Waals surface area contributed by atoms with Crippen molar-refractivity contribution in [2.75, 3.05) is 9.80 Å². The van der Waals surface area contributed by atoms with Crippen LogP contribution in [0, 0.1) is 11.6 Å². The molecule has 0 aromatic heterocycles. The number of anilines is 6. The number of halogens is 2. The van der Waals surface area contributed by atoms with E-state index in [0.717, 1.165) is 111 Å². The van der Waals surface area contributed by atoms with E-state index in [0.29, 0.717) is 22.5 Å². The number of fused-ring (bicyclic) bond motifs is 6. The monoisotopic (exact) mass is 1070 g/mol. The van der Waals surface area contributed by atoms with E-state index in [9.17, 15) is 0 Å². The van der Waals surface area contributed by atoms with Crippen LogP contribution in [-0.4, -0.2) is 0 Å². The fourth-order valence-corrected chi connectivity index (χ4v) is 13.1. The van der Waals surface area contributed by atoms with E-state index < -0.39 is 5.41 Å². The van der Waals surface area contributed by atoms with Crippen molar-refractivity contribution in [1.82, 2.24) is 0 Å². The quantitative estimate of drug-likeness (QED) is 0.126. The Labute approximate surface area is 482 Å². The molecule has 0 aliphatic heterocycles. The normalized spacial score (nSPS) is 12.4. The molecule has 394 valence electrons. The second-order valence-electron chi connectivity index (χ2n) is 22.3.